The van der Waals surface area contributed by atoms with Gasteiger partial charge in [0.2, 0.25) is 0 Å². The molecule has 0 saturated carbocycles. The van der Waals surface area contributed by atoms with Crippen LogP contribution in [0.5, 0.6) is 0 Å². The summed E-state index contributed by atoms with van der Waals surface area (Å²) in [5.74, 6) is -1.80. The van der Waals surface area contributed by atoms with Gasteiger partial charge in [-0.2, -0.15) is 5.26 Å². The number of anilines is 1. The molecule has 1 aliphatic heterocycles. The highest BCUT2D eigenvalue weighted by molar-refractivity contribution is 6.02. The van der Waals surface area contributed by atoms with Crippen molar-refractivity contribution in [1.82, 2.24) is 0 Å². The number of rotatable bonds is 8. The molecule has 39 heavy (non-hydrogen) atoms. The molecule has 1 aliphatic rings. The van der Waals surface area contributed by atoms with Crippen LogP contribution in [0, 0.1) is 16.7 Å². The van der Waals surface area contributed by atoms with Crippen LogP contribution in [0.3, 0.4) is 0 Å². The first-order chi connectivity index (χ1) is 18.6. The average Bonchev–Trinajstić information content (AvgIpc) is 3.19. The summed E-state index contributed by atoms with van der Waals surface area (Å²) in [6.07, 6.45) is -2.46. The molecule has 0 radical (unpaired) electrons. The van der Waals surface area contributed by atoms with E-state index in [1.807, 2.05) is 36.4 Å². The van der Waals surface area contributed by atoms with Crippen LogP contribution in [-0.2, 0) is 25.7 Å². The molecule has 1 amide bonds. The molecule has 0 spiro atoms. The smallest absolute Gasteiger partial charge is 0.338 e. The third-order valence-corrected chi connectivity index (χ3v) is 6.57. The molecule has 1 fully saturated rings. The van der Waals surface area contributed by atoms with E-state index in [4.69, 9.17) is 14.7 Å². The number of esters is 2. The molecule has 1 N–H and O–H groups in total. The molecule has 3 aromatic rings. The number of hydrogen-bond acceptors (Lipinski definition) is 7. The Labute approximate surface area is 226 Å². The highest BCUT2D eigenvalue weighted by atomic mass is 16.6. The second-order valence-electron chi connectivity index (χ2n) is 9.97. The Morgan fingerprint density at radius 1 is 1.08 bits per heavy atom. The predicted octanol–water partition coefficient (Wildman–Crippen LogP) is 4.49. The minimum absolute atomic E-state index is 0.151. The lowest BCUT2D eigenvalue weighted by atomic mass is 9.89. The number of aliphatic hydroxyl groups excluding tert-OH is 1. The summed E-state index contributed by atoms with van der Waals surface area (Å²) in [4.78, 5) is 40.1. The number of ether oxygens (including phenoxy) is 2. The first-order valence-electron chi connectivity index (χ1n) is 12.3. The van der Waals surface area contributed by atoms with Gasteiger partial charge in [-0.15, -0.1) is 0 Å². The molecule has 8 heteroatoms. The van der Waals surface area contributed by atoms with Crippen LogP contribution in [-0.4, -0.2) is 35.6 Å². The molecule has 0 aromatic heterocycles. The normalized spacial score (nSPS) is 16.7. The number of hydrogen-bond donors (Lipinski definition) is 1. The van der Waals surface area contributed by atoms with E-state index >= 15 is 0 Å². The number of nitriles is 1. The zero-order valence-corrected chi connectivity index (χ0v) is 21.7. The van der Waals surface area contributed by atoms with E-state index in [0.717, 1.165) is 5.56 Å². The van der Waals surface area contributed by atoms with Crippen molar-refractivity contribution in [3.05, 3.63) is 113 Å². The summed E-state index contributed by atoms with van der Waals surface area (Å²) in [5.41, 5.74) is 1.59. The van der Waals surface area contributed by atoms with E-state index in [1.165, 1.54) is 29.2 Å². The first kappa shape index (κ1) is 27.3. The fourth-order valence-corrected chi connectivity index (χ4v) is 4.29. The molecule has 1 heterocycles. The van der Waals surface area contributed by atoms with E-state index in [9.17, 15) is 19.5 Å². The fourth-order valence-electron chi connectivity index (χ4n) is 4.29. The van der Waals surface area contributed by atoms with Gasteiger partial charge in [0.15, 0.2) is 6.10 Å². The zero-order valence-electron chi connectivity index (χ0n) is 21.7. The van der Waals surface area contributed by atoms with Gasteiger partial charge in [-0.3, -0.25) is 4.79 Å². The molecular formula is C31H28N2O6. The maximum atomic E-state index is 13.3. The molecule has 4 rings (SSSR count). The predicted molar refractivity (Wildman–Crippen MR) is 143 cm³/mol. The number of aliphatic hydroxyl groups is 1. The van der Waals surface area contributed by atoms with Crippen molar-refractivity contribution in [2.75, 3.05) is 11.4 Å². The largest absolute Gasteiger partial charge is 0.457 e. The maximum Gasteiger partial charge on any atom is 0.338 e. The van der Waals surface area contributed by atoms with Crippen LogP contribution in [0.15, 0.2) is 91.0 Å². The van der Waals surface area contributed by atoms with Crippen LogP contribution >= 0.6 is 0 Å². The monoisotopic (exact) mass is 524 g/mol. The van der Waals surface area contributed by atoms with Crippen molar-refractivity contribution < 1.29 is 29.0 Å². The topological polar surface area (TPSA) is 117 Å². The van der Waals surface area contributed by atoms with Crippen molar-refractivity contribution >= 4 is 23.5 Å². The van der Waals surface area contributed by atoms with Gasteiger partial charge in [0.05, 0.1) is 22.8 Å². The van der Waals surface area contributed by atoms with Crippen LogP contribution < -0.4 is 4.90 Å². The van der Waals surface area contributed by atoms with Crippen LogP contribution in [0.1, 0.15) is 47.0 Å². The summed E-state index contributed by atoms with van der Waals surface area (Å²) in [5, 5.41) is 19.5. The minimum atomic E-state index is -1.35. The molecule has 2 atom stereocenters. The van der Waals surface area contributed by atoms with Crippen LogP contribution in [0.4, 0.5) is 5.69 Å². The number of carbonyl (C=O) groups excluding carboxylic acids is 3. The Bertz CT molecular complexity index is 1420. The lowest BCUT2D eigenvalue weighted by Gasteiger charge is -2.24. The Balaban J connectivity index is 1.40. The fraction of sp³-hybridized carbons (Fsp3) is 0.226. The molecular weight excluding hydrogens is 496 g/mol. The third-order valence-electron chi connectivity index (χ3n) is 6.57. The Kier molecular flexibility index (Phi) is 7.93. The quantitative estimate of drug-likeness (QED) is 0.341. The number of carbonyl (C=O) groups is 3. The Morgan fingerprint density at radius 3 is 2.33 bits per heavy atom. The lowest BCUT2D eigenvalue weighted by Crippen LogP contribution is -2.36. The van der Waals surface area contributed by atoms with Crippen LogP contribution in [0.2, 0.25) is 0 Å². The van der Waals surface area contributed by atoms with Gasteiger partial charge in [0.1, 0.15) is 12.7 Å². The van der Waals surface area contributed by atoms with E-state index < -0.39 is 35.5 Å². The van der Waals surface area contributed by atoms with Gasteiger partial charge in [0, 0.05) is 17.6 Å². The van der Waals surface area contributed by atoms with Crippen molar-refractivity contribution in [3.63, 3.8) is 0 Å². The molecule has 198 valence electrons. The van der Waals surface area contributed by atoms with Gasteiger partial charge in [0.25, 0.3) is 5.91 Å². The number of nitrogens with zero attached hydrogens (tertiary/aromatic N) is 2. The molecule has 0 aliphatic carbocycles. The molecule has 1 saturated heterocycles. The van der Waals surface area contributed by atoms with E-state index in [1.54, 1.807) is 38.1 Å². The van der Waals surface area contributed by atoms with Crippen molar-refractivity contribution in [1.29, 1.82) is 5.26 Å². The second-order valence-corrected chi connectivity index (χ2v) is 9.97. The molecule has 3 aromatic carbocycles. The van der Waals surface area contributed by atoms with Crippen LogP contribution in [0.25, 0.3) is 0 Å². The first-order valence-corrected chi connectivity index (χ1v) is 12.3. The van der Waals surface area contributed by atoms with Crippen molar-refractivity contribution in [2.24, 2.45) is 5.41 Å². The molecule has 8 nitrogen and oxygen atoms in total. The second kappa shape index (κ2) is 11.3. The summed E-state index contributed by atoms with van der Waals surface area (Å²) in [6.45, 7) is 7.70. The van der Waals surface area contributed by atoms with Gasteiger partial charge < -0.3 is 19.5 Å². The summed E-state index contributed by atoms with van der Waals surface area (Å²) in [7, 11) is 0. The summed E-state index contributed by atoms with van der Waals surface area (Å²) < 4.78 is 10.9. The highest BCUT2D eigenvalue weighted by Gasteiger charge is 2.49. The SMILES string of the molecule is C=C(C(=O)O[C@H]1C(=O)N(c2ccc(C(=O)OCc3ccccc3)cc2)CC1(C)C)[C@@H](O)c1ccc(C#N)cc1. The number of amides is 1. The summed E-state index contributed by atoms with van der Waals surface area (Å²) in [6, 6.07) is 23.9. The zero-order chi connectivity index (χ0) is 28.2. The number of benzene rings is 3. The van der Waals surface area contributed by atoms with Gasteiger partial charge in [-0.1, -0.05) is 62.9 Å². The van der Waals surface area contributed by atoms with E-state index in [2.05, 4.69) is 6.58 Å². The average molecular weight is 525 g/mol. The minimum Gasteiger partial charge on any atom is -0.457 e. The van der Waals surface area contributed by atoms with Gasteiger partial charge in [-0.05, 0) is 47.5 Å². The third kappa shape index (κ3) is 6.06. The van der Waals surface area contributed by atoms with Crippen molar-refractivity contribution in [3.8, 4) is 6.07 Å². The van der Waals surface area contributed by atoms with Crippen molar-refractivity contribution in [2.45, 2.75) is 32.7 Å². The maximum absolute atomic E-state index is 13.3. The van der Waals surface area contributed by atoms with E-state index in [-0.39, 0.29) is 18.7 Å². The van der Waals surface area contributed by atoms with Gasteiger partial charge in [-0.25, -0.2) is 9.59 Å². The van der Waals surface area contributed by atoms with E-state index in [0.29, 0.717) is 22.4 Å². The molecule has 0 unspecified atom stereocenters. The Morgan fingerprint density at radius 2 is 1.72 bits per heavy atom. The summed E-state index contributed by atoms with van der Waals surface area (Å²) >= 11 is 0. The van der Waals surface area contributed by atoms with Gasteiger partial charge >= 0.3 is 11.9 Å². The Hall–Kier alpha value is -4.74. The standard InChI is InChI=1S/C31H28N2O6/c1-20(26(34)23-11-9-21(17-32)10-12-23)29(36)39-27-28(35)33(19-31(27,2)3)25-15-13-24(14-16-25)30(37)38-18-22-7-5-4-6-8-22/h4-16,26-27,34H,1,18-19H2,2-3H3/t26-,27+/m1/s1. The molecule has 0 bridgehead atoms. The highest BCUT2D eigenvalue weighted by Crippen LogP contribution is 2.37. The lowest BCUT2D eigenvalue weighted by molar-refractivity contribution is -0.155.